The van der Waals surface area contributed by atoms with Gasteiger partial charge in [-0.2, -0.15) is 5.26 Å². The van der Waals surface area contributed by atoms with Gasteiger partial charge in [-0.25, -0.2) is 0 Å². The molecule has 1 aromatic rings. The summed E-state index contributed by atoms with van der Waals surface area (Å²) in [4.78, 5) is 22.5. The third-order valence-electron chi connectivity index (χ3n) is 2.10. The molecule has 0 aliphatic carbocycles. The van der Waals surface area contributed by atoms with E-state index in [9.17, 15) is 9.59 Å². The lowest BCUT2D eigenvalue weighted by Crippen LogP contribution is -2.17. The van der Waals surface area contributed by atoms with Crippen molar-refractivity contribution in [2.75, 3.05) is 13.2 Å². The number of Topliss-reactive ketones (excluding diaryl/α,β-unsaturated/α-hetero) is 1. The van der Waals surface area contributed by atoms with Crippen molar-refractivity contribution in [3.63, 3.8) is 0 Å². The van der Waals surface area contributed by atoms with E-state index >= 15 is 0 Å². The minimum atomic E-state index is -0.581. The molecular weight excluding hydrogens is 270 g/mol. The third kappa shape index (κ3) is 4.98. The van der Waals surface area contributed by atoms with Crippen LogP contribution in [0.1, 0.15) is 18.9 Å². The molecule has 0 heterocycles. The van der Waals surface area contributed by atoms with Crippen LogP contribution in [0.3, 0.4) is 0 Å². The minimum absolute atomic E-state index is 0.231. The van der Waals surface area contributed by atoms with E-state index in [-0.39, 0.29) is 30.4 Å². The Labute approximate surface area is 115 Å². The van der Waals surface area contributed by atoms with Crippen molar-refractivity contribution in [2.45, 2.75) is 13.3 Å². The van der Waals surface area contributed by atoms with Crippen LogP contribution in [-0.2, 0) is 14.3 Å². The van der Waals surface area contributed by atoms with Crippen molar-refractivity contribution < 1.29 is 19.1 Å². The van der Waals surface area contributed by atoms with Crippen LogP contribution in [0.15, 0.2) is 18.2 Å². The van der Waals surface area contributed by atoms with Crippen molar-refractivity contribution in [1.82, 2.24) is 0 Å². The summed E-state index contributed by atoms with van der Waals surface area (Å²) in [6, 6.07) is 6.39. The molecular formula is C13H12ClNO4. The number of nitriles is 1. The topological polar surface area (TPSA) is 76.4 Å². The van der Waals surface area contributed by atoms with E-state index in [1.165, 1.54) is 18.2 Å². The predicted molar refractivity (Wildman–Crippen MR) is 67.9 cm³/mol. The average Bonchev–Trinajstić information content (AvgIpc) is 2.37. The maximum absolute atomic E-state index is 11.4. The highest BCUT2D eigenvalue weighted by molar-refractivity contribution is 6.32. The summed E-state index contributed by atoms with van der Waals surface area (Å²) in [5.74, 6) is -0.696. The predicted octanol–water partition coefficient (Wildman–Crippen LogP) is 2.11. The number of carbonyl (C=O) groups excluding carboxylic acids is 2. The molecule has 0 bridgehead atoms. The SMILES string of the molecule is CCOC(=O)CC(=O)COc1ccc(C#N)cc1Cl. The van der Waals surface area contributed by atoms with Crippen molar-refractivity contribution >= 4 is 23.4 Å². The van der Waals surface area contributed by atoms with Crippen LogP contribution in [0.5, 0.6) is 5.75 Å². The van der Waals surface area contributed by atoms with E-state index in [1.54, 1.807) is 6.92 Å². The zero-order chi connectivity index (χ0) is 14.3. The number of ether oxygens (including phenoxy) is 2. The summed E-state index contributed by atoms with van der Waals surface area (Å²) < 4.78 is 9.82. The summed E-state index contributed by atoms with van der Waals surface area (Å²) in [7, 11) is 0. The fourth-order valence-corrected chi connectivity index (χ4v) is 1.50. The monoisotopic (exact) mass is 281 g/mol. The smallest absolute Gasteiger partial charge is 0.313 e. The zero-order valence-electron chi connectivity index (χ0n) is 10.3. The number of ketones is 1. The first kappa shape index (κ1) is 15.0. The van der Waals surface area contributed by atoms with Crippen LogP contribution < -0.4 is 4.74 Å². The summed E-state index contributed by atoms with van der Waals surface area (Å²) in [5, 5.41) is 8.90. The van der Waals surface area contributed by atoms with Crippen LogP contribution in [0, 0.1) is 11.3 Å². The Kier molecular flexibility index (Phi) is 5.83. The van der Waals surface area contributed by atoms with Crippen molar-refractivity contribution in [3.05, 3.63) is 28.8 Å². The Morgan fingerprint density at radius 2 is 2.16 bits per heavy atom. The Morgan fingerprint density at radius 3 is 2.74 bits per heavy atom. The third-order valence-corrected chi connectivity index (χ3v) is 2.39. The van der Waals surface area contributed by atoms with Gasteiger partial charge in [0.2, 0.25) is 0 Å². The van der Waals surface area contributed by atoms with Crippen LogP contribution in [-0.4, -0.2) is 25.0 Å². The molecule has 0 saturated carbocycles. The van der Waals surface area contributed by atoms with Gasteiger partial charge in [-0.15, -0.1) is 0 Å². The van der Waals surface area contributed by atoms with Gasteiger partial charge in [-0.1, -0.05) is 11.6 Å². The number of halogens is 1. The quantitative estimate of drug-likeness (QED) is 0.589. The van der Waals surface area contributed by atoms with Crippen molar-refractivity contribution in [2.24, 2.45) is 0 Å². The first-order valence-electron chi connectivity index (χ1n) is 5.56. The molecule has 0 aromatic heterocycles. The number of hydrogen-bond acceptors (Lipinski definition) is 5. The molecule has 0 saturated heterocycles. The lowest BCUT2D eigenvalue weighted by atomic mass is 10.2. The van der Waals surface area contributed by atoms with E-state index in [1.807, 2.05) is 6.07 Å². The van der Waals surface area contributed by atoms with Gasteiger partial charge in [0.25, 0.3) is 0 Å². The first-order chi connectivity index (χ1) is 9.06. The summed E-state index contributed by atoms with van der Waals surface area (Å²) in [6.07, 6.45) is -0.332. The fourth-order valence-electron chi connectivity index (χ4n) is 1.27. The first-order valence-corrected chi connectivity index (χ1v) is 5.94. The zero-order valence-corrected chi connectivity index (χ0v) is 11.1. The summed E-state index contributed by atoms with van der Waals surface area (Å²) in [5.41, 5.74) is 0.398. The molecule has 0 fully saturated rings. The second-order valence-electron chi connectivity index (χ2n) is 3.57. The standard InChI is InChI=1S/C13H12ClNO4/c1-2-18-13(17)6-10(16)8-19-12-4-3-9(7-15)5-11(12)14/h3-5H,2,6,8H2,1H3. The van der Waals surface area contributed by atoms with Gasteiger partial charge in [0.15, 0.2) is 5.78 Å². The largest absolute Gasteiger partial charge is 0.484 e. The van der Waals surface area contributed by atoms with Gasteiger partial charge in [-0.05, 0) is 25.1 Å². The molecule has 6 heteroatoms. The Balaban J connectivity index is 2.51. The molecule has 0 aliphatic heterocycles. The second kappa shape index (κ2) is 7.39. The number of esters is 1. The molecule has 19 heavy (non-hydrogen) atoms. The lowest BCUT2D eigenvalue weighted by molar-refractivity contribution is -0.145. The Hall–Kier alpha value is -2.06. The number of rotatable bonds is 6. The molecule has 100 valence electrons. The fraction of sp³-hybridized carbons (Fsp3) is 0.308. The molecule has 0 unspecified atom stereocenters. The van der Waals surface area contributed by atoms with Crippen molar-refractivity contribution in [3.8, 4) is 11.8 Å². The van der Waals surface area contributed by atoms with E-state index in [2.05, 4.69) is 4.74 Å². The highest BCUT2D eigenvalue weighted by Crippen LogP contribution is 2.25. The highest BCUT2D eigenvalue weighted by atomic mass is 35.5. The maximum atomic E-state index is 11.4. The second-order valence-corrected chi connectivity index (χ2v) is 3.97. The average molecular weight is 282 g/mol. The van der Waals surface area contributed by atoms with Gasteiger partial charge < -0.3 is 9.47 Å². The van der Waals surface area contributed by atoms with Gasteiger partial charge >= 0.3 is 5.97 Å². The molecule has 1 rings (SSSR count). The Bertz CT molecular complexity index is 522. The van der Waals surface area contributed by atoms with E-state index in [0.29, 0.717) is 5.56 Å². The number of hydrogen-bond donors (Lipinski definition) is 0. The summed E-state index contributed by atoms with van der Waals surface area (Å²) in [6.45, 7) is 1.62. The molecule has 0 radical (unpaired) electrons. The van der Waals surface area contributed by atoms with Crippen LogP contribution in [0.4, 0.5) is 0 Å². The van der Waals surface area contributed by atoms with Crippen molar-refractivity contribution in [1.29, 1.82) is 5.26 Å². The Morgan fingerprint density at radius 1 is 1.42 bits per heavy atom. The number of carbonyl (C=O) groups is 2. The van der Waals surface area contributed by atoms with E-state index in [0.717, 1.165) is 0 Å². The van der Waals surface area contributed by atoms with Crippen LogP contribution in [0.2, 0.25) is 5.02 Å². The lowest BCUT2D eigenvalue weighted by Gasteiger charge is -2.07. The normalized spacial score (nSPS) is 9.53. The van der Waals surface area contributed by atoms with Gasteiger partial charge in [0.1, 0.15) is 18.8 Å². The van der Waals surface area contributed by atoms with Crippen LogP contribution >= 0.6 is 11.6 Å². The maximum Gasteiger partial charge on any atom is 0.313 e. The van der Waals surface area contributed by atoms with Crippen LogP contribution in [0.25, 0.3) is 0 Å². The van der Waals surface area contributed by atoms with Gasteiger partial charge in [0.05, 0.1) is 23.3 Å². The van der Waals surface area contributed by atoms with Gasteiger partial charge in [0, 0.05) is 0 Å². The number of nitrogens with zero attached hydrogens (tertiary/aromatic N) is 1. The molecule has 0 amide bonds. The number of benzene rings is 1. The summed E-state index contributed by atoms with van der Waals surface area (Å²) >= 11 is 5.87. The highest BCUT2D eigenvalue weighted by Gasteiger charge is 2.12. The molecule has 5 nitrogen and oxygen atoms in total. The van der Waals surface area contributed by atoms with E-state index < -0.39 is 11.8 Å². The molecule has 0 spiro atoms. The molecule has 0 N–H and O–H groups in total. The molecule has 0 aliphatic rings. The van der Waals surface area contributed by atoms with E-state index in [4.69, 9.17) is 21.6 Å². The minimum Gasteiger partial charge on any atom is -0.484 e. The molecule has 0 atom stereocenters. The molecule has 1 aromatic carbocycles. The van der Waals surface area contributed by atoms with Gasteiger partial charge in [-0.3, -0.25) is 9.59 Å².